The number of halogens is 1. The van der Waals surface area contributed by atoms with Gasteiger partial charge < -0.3 is 19.9 Å². The van der Waals surface area contributed by atoms with Crippen LogP contribution in [0.15, 0.2) is 23.2 Å². The van der Waals surface area contributed by atoms with E-state index in [0.29, 0.717) is 25.2 Å². The lowest BCUT2D eigenvalue weighted by Crippen LogP contribution is -2.40. The molecule has 1 heterocycles. The SMILES string of the molecule is CCNC(=NCc1ccc(F)c(CN(C)C)c1)N1CC(C)C(C(=O)OC)C1. The second-order valence-electron chi connectivity index (χ2n) is 7.35. The molecule has 0 bridgehead atoms. The van der Waals surface area contributed by atoms with Gasteiger partial charge in [0.05, 0.1) is 19.6 Å². The maximum atomic E-state index is 14.0. The van der Waals surface area contributed by atoms with Gasteiger partial charge in [-0.25, -0.2) is 9.38 Å². The van der Waals surface area contributed by atoms with Crippen LogP contribution in [0.5, 0.6) is 0 Å². The first-order valence-corrected chi connectivity index (χ1v) is 9.38. The summed E-state index contributed by atoms with van der Waals surface area (Å²) in [5.74, 6) is 0.467. The molecular formula is C20H31FN4O2. The van der Waals surface area contributed by atoms with Crippen molar-refractivity contribution in [1.29, 1.82) is 0 Å². The number of benzene rings is 1. The van der Waals surface area contributed by atoms with Crippen molar-refractivity contribution in [2.24, 2.45) is 16.8 Å². The molecule has 2 rings (SSSR count). The fourth-order valence-corrected chi connectivity index (χ4v) is 3.38. The van der Waals surface area contributed by atoms with Gasteiger partial charge in [0.25, 0.3) is 0 Å². The molecule has 27 heavy (non-hydrogen) atoms. The Morgan fingerprint density at radius 1 is 1.41 bits per heavy atom. The Kier molecular flexibility index (Phi) is 7.59. The molecule has 2 unspecified atom stereocenters. The summed E-state index contributed by atoms with van der Waals surface area (Å²) in [5.41, 5.74) is 1.62. The van der Waals surface area contributed by atoms with Gasteiger partial charge in [-0.15, -0.1) is 0 Å². The summed E-state index contributed by atoms with van der Waals surface area (Å²) < 4.78 is 18.9. The largest absolute Gasteiger partial charge is 0.469 e. The molecule has 6 nitrogen and oxygen atoms in total. The zero-order valence-electron chi connectivity index (χ0n) is 17.0. The number of hydrogen-bond acceptors (Lipinski definition) is 4. The van der Waals surface area contributed by atoms with Crippen molar-refractivity contribution in [3.8, 4) is 0 Å². The van der Waals surface area contributed by atoms with Crippen molar-refractivity contribution in [3.05, 3.63) is 35.1 Å². The summed E-state index contributed by atoms with van der Waals surface area (Å²) in [4.78, 5) is 20.7. The van der Waals surface area contributed by atoms with Crippen LogP contribution in [0.25, 0.3) is 0 Å². The third-order valence-electron chi connectivity index (χ3n) is 4.76. The Balaban J connectivity index is 2.13. The topological polar surface area (TPSA) is 57.2 Å². The second kappa shape index (κ2) is 9.69. The van der Waals surface area contributed by atoms with Crippen molar-refractivity contribution >= 4 is 11.9 Å². The lowest BCUT2D eigenvalue weighted by molar-refractivity contribution is -0.145. The van der Waals surface area contributed by atoms with Gasteiger partial charge in [0.2, 0.25) is 0 Å². The number of ether oxygens (including phenoxy) is 1. The number of nitrogens with zero attached hydrogens (tertiary/aromatic N) is 3. The number of methoxy groups -OCH3 is 1. The van der Waals surface area contributed by atoms with Crippen LogP contribution < -0.4 is 5.32 Å². The third kappa shape index (κ3) is 5.66. The normalized spacial score (nSPS) is 20.3. The van der Waals surface area contributed by atoms with E-state index in [2.05, 4.69) is 17.1 Å². The van der Waals surface area contributed by atoms with Gasteiger partial charge in [0, 0.05) is 31.7 Å². The molecule has 0 saturated carbocycles. The molecule has 0 amide bonds. The van der Waals surface area contributed by atoms with Crippen molar-refractivity contribution < 1.29 is 13.9 Å². The summed E-state index contributed by atoms with van der Waals surface area (Å²) in [5, 5.41) is 3.29. The molecule has 0 spiro atoms. The predicted molar refractivity (Wildman–Crippen MR) is 105 cm³/mol. The monoisotopic (exact) mass is 378 g/mol. The number of nitrogens with one attached hydrogen (secondary N) is 1. The number of carbonyl (C=O) groups is 1. The maximum absolute atomic E-state index is 14.0. The van der Waals surface area contributed by atoms with E-state index in [-0.39, 0.29) is 23.6 Å². The Labute approximate surface area is 161 Å². The molecule has 1 aliphatic rings. The van der Waals surface area contributed by atoms with E-state index in [0.717, 1.165) is 24.6 Å². The first-order valence-electron chi connectivity index (χ1n) is 9.38. The molecule has 150 valence electrons. The van der Waals surface area contributed by atoms with Gasteiger partial charge >= 0.3 is 5.97 Å². The highest BCUT2D eigenvalue weighted by Crippen LogP contribution is 2.24. The van der Waals surface area contributed by atoms with Crippen molar-refractivity contribution in [1.82, 2.24) is 15.1 Å². The van der Waals surface area contributed by atoms with Crippen LogP contribution in [-0.4, -0.2) is 62.6 Å². The lowest BCUT2D eigenvalue weighted by atomic mass is 9.99. The van der Waals surface area contributed by atoms with Gasteiger partial charge in [-0.05, 0) is 44.6 Å². The first kappa shape index (κ1) is 21.2. The fraction of sp³-hybridized carbons (Fsp3) is 0.600. The smallest absolute Gasteiger partial charge is 0.310 e. The first-order chi connectivity index (χ1) is 12.8. The predicted octanol–water partition coefficient (Wildman–Crippen LogP) is 2.09. The van der Waals surface area contributed by atoms with Crippen LogP contribution in [0.3, 0.4) is 0 Å². The molecular weight excluding hydrogens is 347 g/mol. The van der Waals surface area contributed by atoms with Gasteiger partial charge in [-0.1, -0.05) is 13.0 Å². The molecule has 1 saturated heterocycles. The highest BCUT2D eigenvalue weighted by molar-refractivity contribution is 5.82. The van der Waals surface area contributed by atoms with E-state index in [1.807, 2.05) is 32.0 Å². The summed E-state index contributed by atoms with van der Waals surface area (Å²) >= 11 is 0. The van der Waals surface area contributed by atoms with E-state index >= 15 is 0 Å². The molecule has 1 aliphatic heterocycles. The minimum atomic E-state index is -0.197. The highest BCUT2D eigenvalue weighted by atomic mass is 19.1. The summed E-state index contributed by atoms with van der Waals surface area (Å²) in [6.45, 7) is 7.15. The van der Waals surface area contributed by atoms with Gasteiger partial charge in [-0.2, -0.15) is 0 Å². The van der Waals surface area contributed by atoms with Crippen LogP contribution in [0, 0.1) is 17.7 Å². The van der Waals surface area contributed by atoms with Crippen LogP contribution in [-0.2, 0) is 22.6 Å². The molecule has 7 heteroatoms. The van der Waals surface area contributed by atoms with Crippen molar-refractivity contribution in [2.75, 3.05) is 40.8 Å². The lowest BCUT2D eigenvalue weighted by Gasteiger charge is -2.21. The second-order valence-corrected chi connectivity index (χ2v) is 7.35. The van der Waals surface area contributed by atoms with Crippen molar-refractivity contribution in [2.45, 2.75) is 26.9 Å². The number of esters is 1. The van der Waals surface area contributed by atoms with Gasteiger partial charge in [0.15, 0.2) is 5.96 Å². The van der Waals surface area contributed by atoms with Crippen LogP contribution in [0.1, 0.15) is 25.0 Å². The quantitative estimate of drug-likeness (QED) is 0.467. The molecule has 0 aliphatic carbocycles. The zero-order valence-corrected chi connectivity index (χ0v) is 17.0. The highest BCUT2D eigenvalue weighted by Gasteiger charge is 2.36. The van der Waals surface area contributed by atoms with Crippen LogP contribution in [0.2, 0.25) is 0 Å². The molecule has 1 aromatic rings. The Bertz CT molecular complexity index is 678. The van der Waals surface area contributed by atoms with E-state index < -0.39 is 0 Å². The Morgan fingerprint density at radius 2 is 2.15 bits per heavy atom. The van der Waals surface area contributed by atoms with Crippen molar-refractivity contribution in [3.63, 3.8) is 0 Å². The van der Waals surface area contributed by atoms with E-state index in [1.54, 1.807) is 6.07 Å². The standard InChI is InChI=1S/C20H31FN4O2/c1-6-22-20(25-11-14(2)17(13-25)19(26)27-5)23-10-15-7-8-18(21)16(9-15)12-24(3)4/h7-9,14,17H,6,10-13H2,1-5H3,(H,22,23). The molecule has 1 aromatic carbocycles. The van der Waals surface area contributed by atoms with Gasteiger partial charge in [0.1, 0.15) is 5.82 Å². The van der Waals surface area contributed by atoms with Crippen LogP contribution >= 0.6 is 0 Å². The summed E-state index contributed by atoms with van der Waals surface area (Å²) in [7, 11) is 5.26. The number of guanidine groups is 1. The summed E-state index contributed by atoms with van der Waals surface area (Å²) in [6, 6.07) is 5.14. The number of hydrogen-bond donors (Lipinski definition) is 1. The molecule has 0 aromatic heterocycles. The molecule has 2 atom stereocenters. The number of rotatable bonds is 6. The molecule has 0 radical (unpaired) electrons. The third-order valence-corrected chi connectivity index (χ3v) is 4.76. The average Bonchev–Trinajstić information content (AvgIpc) is 3.01. The van der Waals surface area contributed by atoms with E-state index in [9.17, 15) is 9.18 Å². The fourth-order valence-electron chi connectivity index (χ4n) is 3.38. The number of likely N-dealkylation sites (tertiary alicyclic amines) is 1. The minimum Gasteiger partial charge on any atom is -0.469 e. The number of aliphatic imine (C=N–C) groups is 1. The number of carbonyl (C=O) groups excluding carboxylic acids is 1. The Hall–Kier alpha value is -2.15. The molecule has 1 N–H and O–H groups in total. The van der Waals surface area contributed by atoms with E-state index in [4.69, 9.17) is 9.73 Å². The van der Waals surface area contributed by atoms with E-state index in [1.165, 1.54) is 13.2 Å². The molecule has 1 fully saturated rings. The minimum absolute atomic E-state index is 0.142. The maximum Gasteiger partial charge on any atom is 0.310 e. The van der Waals surface area contributed by atoms with Crippen LogP contribution in [0.4, 0.5) is 4.39 Å². The van der Waals surface area contributed by atoms with Gasteiger partial charge in [-0.3, -0.25) is 4.79 Å². The summed E-state index contributed by atoms with van der Waals surface area (Å²) in [6.07, 6.45) is 0. The average molecular weight is 378 g/mol. The Morgan fingerprint density at radius 3 is 2.78 bits per heavy atom. The zero-order chi connectivity index (χ0) is 20.0.